The highest BCUT2D eigenvalue weighted by molar-refractivity contribution is 6.13. The highest BCUT2D eigenvalue weighted by Crippen LogP contribution is 2.39. The van der Waals surface area contributed by atoms with E-state index in [9.17, 15) is 5.11 Å². The Kier molecular flexibility index (Phi) is 3.62. The van der Waals surface area contributed by atoms with Crippen LogP contribution in [0.4, 0.5) is 0 Å². The third-order valence-electron chi connectivity index (χ3n) is 5.65. The summed E-state index contributed by atoms with van der Waals surface area (Å²) >= 11 is 0. The number of hydrogen-bond acceptors (Lipinski definition) is 2. The SMILES string of the molecule is Oc1ccc2c3ccccc3n3c(-c4ccccc4)c(-c4ccccc4)nc3c2c1. The molecule has 0 aliphatic carbocycles. The average molecular weight is 386 g/mol. The number of phenols is 1. The van der Waals surface area contributed by atoms with Crippen molar-refractivity contribution in [3.8, 4) is 28.3 Å². The van der Waals surface area contributed by atoms with Crippen molar-refractivity contribution in [3.63, 3.8) is 0 Å². The van der Waals surface area contributed by atoms with Crippen LogP contribution in [0.25, 0.3) is 49.8 Å². The van der Waals surface area contributed by atoms with Crippen LogP contribution in [-0.2, 0) is 0 Å². The molecule has 0 aliphatic rings. The van der Waals surface area contributed by atoms with Gasteiger partial charge in [-0.05, 0) is 29.7 Å². The molecule has 0 spiro atoms. The Labute approximate surface area is 173 Å². The fourth-order valence-corrected chi connectivity index (χ4v) is 4.34. The van der Waals surface area contributed by atoms with Crippen LogP contribution in [0, 0.1) is 0 Å². The number of imidazole rings is 1. The van der Waals surface area contributed by atoms with Gasteiger partial charge in [0.1, 0.15) is 11.4 Å². The molecule has 30 heavy (non-hydrogen) atoms. The van der Waals surface area contributed by atoms with Crippen LogP contribution in [0.5, 0.6) is 5.75 Å². The first-order chi connectivity index (χ1) is 14.8. The Morgan fingerprint density at radius 2 is 1.27 bits per heavy atom. The van der Waals surface area contributed by atoms with Gasteiger partial charge in [-0.15, -0.1) is 0 Å². The van der Waals surface area contributed by atoms with E-state index < -0.39 is 0 Å². The van der Waals surface area contributed by atoms with Crippen molar-refractivity contribution in [1.29, 1.82) is 0 Å². The molecule has 0 radical (unpaired) electrons. The van der Waals surface area contributed by atoms with Gasteiger partial charge in [0, 0.05) is 21.9 Å². The molecule has 1 N–H and O–H groups in total. The first-order valence-electron chi connectivity index (χ1n) is 9.98. The molecule has 2 aromatic heterocycles. The quantitative estimate of drug-likeness (QED) is 0.337. The first-order valence-corrected chi connectivity index (χ1v) is 9.98. The highest BCUT2D eigenvalue weighted by Gasteiger charge is 2.20. The predicted molar refractivity (Wildman–Crippen MR) is 123 cm³/mol. The van der Waals surface area contributed by atoms with Crippen LogP contribution in [0.15, 0.2) is 103 Å². The number of rotatable bonds is 2. The minimum atomic E-state index is 0.241. The molecule has 0 saturated carbocycles. The third kappa shape index (κ3) is 2.42. The number of para-hydroxylation sites is 1. The Bertz CT molecular complexity index is 1530. The van der Waals surface area contributed by atoms with Gasteiger partial charge in [0.15, 0.2) is 0 Å². The van der Waals surface area contributed by atoms with E-state index in [1.54, 1.807) is 6.07 Å². The normalized spacial score (nSPS) is 11.5. The van der Waals surface area contributed by atoms with Gasteiger partial charge in [-0.2, -0.15) is 0 Å². The largest absolute Gasteiger partial charge is 0.508 e. The molecule has 3 nitrogen and oxygen atoms in total. The van der Waals surface area contributed by atoms with Crippen molar-refractivity contribution < 1.29 is 5.11 Å². The van der Waals surface area contributed by atoms with E-state index in [0.717, 1.165) is 49.8 Å². The van der Waals surface area contributed by atoms with Crippen molar-refractivity contribution in [2.45, 2.75) is 0 Å². The van der Waals surface area contributed by atoms with Crippen molar-refractivity contribution in [1.82, 2.24) is 9.38 Å². The summed E-state index contributed by atoms with van der Waals surface area (Å²) in [6.45, 7) is 0. The van der Waals surface area contributed by atoms with E-state index in [4.69, 9.17) is 4.98 Å². The summed E-state index contributed by atoms with van der Waals surface area (Å²) in [5.41, 5.74) is 6.10. The molecular formula is C27H18N2O. The van der Waals surface area contributed by atoms with Crippen LogP contribution in [0.2, 0.25) is 0 Å². The zero-order valence-electron chi connectivity index (χ0n) is 16.2. The fraction of sp³-hybridized carbons (Fsp3) is 0. The molecule has 142 valence electrons. The van der Waals surface area contributed by atoms with Crippen LogP contribution >= 0.6 is 0 Å². The molecule has 0 saturated heterocycles. The molecule has 0 atom stereocenters. The summed E-state index contributed by atoms with van der Waals surface area (Å²) in [5.74, 6) is 0.241. The molecule has 6 aromatic rings. The Balaban J connectivity index is 1.90. The second kappa shape index (κ2) is 6.46. The van der Waals surface area contributed by atoms with Crippen LogP contribution in [-0.4, -0.2) is 14.5 Å². The maximum atomic E-state index is 10.2. The lowest BCUT2D eigenvalue weighted by Crippen LogP contribution is -1.94. The van der Waals surface area contributed by atoms with Gasteiger partial charge in [0.2, 0.25) is 0 Å². The smallest absolute Gasteiger partial charge is 0.146 e. The fourth-order valence-electron chi connectivity index (χ4n) is 4.34. The van der Waals surface area contributed by atoms with E-state index in [-0.39, 0.29) is 5.75 Å². The van der Waals surface area contributed by atoms with Crippen LogP contribution < -0.4 is 0 Å². The number of benzene rings is 4. The van der Waals surface area contributed by atoms with Crippen molar-refractivity contribution in [3.05, 3.63) is 103 Å². The van der Waals surface area contributed by atoms with E-state index >= 15 is 0 Å². The van der Waals surface area contributed by atoms with Gasteiger partial charge in [0.05, 0.1) is 16.9 Å². The highest BCUT2D eigenvalue weighted by atomic mass is 16.3. The second-order valence-electron chi connectivity index (χ2n) is 7.45. The van der Waals surface area contributed by atoms with Crippen molar-refractivity contribution in [2.24, 2.45) is 0 Å². The van der Waals surface area contributed by atoms with E-state index in [1.807, 2.05) is 36.4 Å². The van der Waals surface area contributed by atoms with Gasteiger partial charge < -0.3 is 5.11 Å². The number of nitrogens with zero attached hydrogens (tertiary/aromatic N) is 2. The first kappa shape index (κ1) is 16.8. The number of phenolic OH excluding ortho intramolecular Hbond substituents is 1. The molecule has 0 bridgehead atoms. The Hall–Kier alpha value is -4.11. The predicted octanol–water partition coefficient (Wildman–Crippen LogP) is 6.68. The summed E-state index contributed by atoms with van der Waals surface area (Å²) in [4.78, 5) is 5.13. The molecule has 4 aromatic carbocycles. The van der Waals surface area contributed by atoms with Crippen LogP contribution in [0.1, 0.15) is 0 Å². The number of fused-ring (bicyclic) bond motifs is 6. The maximum absolute atomic E-state index is 10.2. The van der Waals surface area contributed by atoms with Crippen molar-refractivity contribution in [2.75, 3.05) is 0 Å². The standard InChI is InChI=1S/C27H18N2O/c30-20-15-16-21-22-13-7-8-14-24(22)29-26(19-11-5-2-6-12-19)25(18-9-3-1-4-10-18)28-27(29)23(21)17-20/h1-17,30H. The van der Waals surface area contributed by atoms with E-state index in [0.29, 0.717) is 0 Å². The number of hydrogen-bond donors (Lipinski definition) is 1. The summed E-state index contributed by atoms with van der Waals surface area (Å²) in [5, 5.41) is 13.4. The van der Waals surface area contributed by atoms with Gasteiger partial charge >= 0.3 is 0 Å². The van der Waals surface area contributed by atoms with Gasteiger partial charge in [0.25, 0.3) is 0 Å². The lowest BCUT2D eigenvalue weighted by atomic mass is 10.0. The minimum Gasteiger partial charge on any atom is -0.508 e. The summed E-state index contributed by atoms with van der Waals surface area (Å²) < 4.78 is 2.23. The summed E-state index contributed by atoms with van der Waals surface area (Å²) in [6.07, 6.45) is 0. The van der Waals surface area contributed by atoms with Crippen LogP contribution in [0.3, 0.4) is 0 Å². The molecule has 0 aliphatic heterocycles. The van der Waals surface area contributed by atoms with Gasteiger partial charge in [-0.3, -0.25) is 4.40 Å². The monoisotopic (exact) mass is 386 g/mol. The molecule has 0 fully saturated rings. The molecular weight excluding hydrogens is 368 g/mol. The maximum Gasteiger partial charge on any atom is 0.146 e. The molecule has 2 heterocycles. The number of aromatic hydroxyl groups is 1. The second-order valence-corrected chi connectivity index (χ2v) is 7.45. The van der Waals surface area contributed by atoms with E-state index in [1.165, 1.54) is 0 Å². The van der Waals surface area contributed by atoms with Gasteiger partial charge in [-0.25, -0.2) is 4.98 Å². The molecule has 0 amide bonds. The summed E-state index contributed by atoms with van der Waals surface area (Å²) in [7, 11) is 0. The third-order valence-corrected chi connectivity index (χ3v) is 5.65. The zero-order chi connectivity index (χ0) is 20.1. The average Bonchev–Trinajstić information content (AvgIpc) is 3.21. The zero-order valence-corrected chi connectivity index (χ0v) is 16.2. The van der Waals surface area contributed by atoms with E-state index in [2.05, 4.69) is 65.1 Å². The van der Waals surface area contributed by atoms with Gasteiger partial charge in [-0.1, -0.05) is 78.9 Å². The number of pyridine rings is 1. The summed E-state index contributed by atoms with van der Waals surface area (Å²) in [6, 6.07) is 34.6. The minimum absolute atomic E-state index is 0.241. The molecule has 3 heteroatoms. The molecule has 0 unspecified atom stereocenters. The Morgan fingerprint density at radius 3 is 2.03 bits per heavy atom. The molecule has 6 rings (SSSR count). The topological polar surface area (TPSA) is 37.5 Å². The Morgan fingerprint density at radius 1 is 0.600 bits per heavy atom. The lowest BCUT2D eigenvalue weighted by Gasteiger charge is -2.11. The number of aromatic nitrogens is 2. The lowest BCUT2D eigenvalue weighted by molar-refractivity contribution is 0.476. The van der Waals surface area contributed by atoms with Crippen molar-refractivity contribution >= 4 is 27.3 Å².